The van der Waals surface area contributed by atoms with Crippen molar-refractivity contribution < 1.29 is 4.79 Å². The van der Waals surface area contributed by atoms with Gasteiger partial charge in [0.05, 0.1) is 0 Å². The van der Waals surface area contributed by atoms with Crippen molar-refractivity contribution >= 4 is 5.91 Å². The van der Waals surface area contributed by atoms with E-state index in [2.05, 4.69) is 11.8 Å². The molecule has 2 rings (SSSR count). The number of amides is 1. The first-order valence-electron chi connectivity index (χ1n) is 8.15. The molecule has 0 radical (unpaired) electrons. The topological polar surface area (TPSA) is 46.3 Å². The van der Waals surface area contributed by atoms with Gasteiger partial charge in [0.2, 0.25) is 5.91 Å². The Bertz CT molecular complexity index is 303. The first-order valence-corrected chi connectivity index (χ1v) is 8.15. The summed E-state index contributed by atoms with van der Waals surface area (Å²) in [5.41, 5.74) is 5.77. The monoisotopic (exact) mass is 266 g/mol. The highest BCUT2D eigenvalue weighted by Crippen LogP contribution is 2.37. The zero-order valence-electron chi connectivity index (χ0n) is 12.6. The van der Waals surface area contributed by atoms with Crippen molar-refractivity contribution in [1.29, 1.82) is 0 Å². The molecular formula is C16H30N2O. The van der Waals surface area contributed by atoms with Crippen LogP contribution in [0.5, 0.6) is 0 Å². The summed E-state index contributed by atoms with van der Waals surface area (Å²) in [5, 5.41) is 0. The summed E-state index contributed by atoms with van der Waals surface area (Å²) in [7, 11) is 0. The van der Waals surface area contributed by atoms with Crippen LogP contribution in [0.2, 0.25) is 0 Å². The maximum Gasteiger partial charge on any atom is 0.225 e. The highest BCUT2D eigenvalue weighted by molar-refractivity contribution is 5.79. The number of nitrogens with two attached hydrogens (primary N) is 1. The quantitative estimate of drug-likeness (QED) is 0.831. The van der Waals surface area contributed by atoms with Crippen molar-refractivity contribution in [2.45, 2.75) is 77.3 Å². The van der Waals surface area contributed by atoms with Crippen molar-refractivity contribution in [1.82, 2.24) is 4.90 Å². The fraction of sp³-hybridized carbons (Fsp3) is 0.938. The molecule has 19 heavy (non-hydrogen) atoms. The van der Waals surface area contributed by atoms with Crippen LogP contribution >= 0.6 is 0 Å². The van der Waals surface area contributed by atoms with Crippen LogP contribution in [-0.2, 0) is 4.79 Å². The third kappa shape index (κ3) is 3.71. The van der Waals surface area contributed by atoms with Gasteiger partial charge in [0.15, 0.2) is 0 Å². The zero-order chi connectivity index (χ0) is 13.8. The van der Waals surface area contributed by atoms with Gasteiger partial charge in [-0.25, -0.2) is 0 Å². The van der Waals surface area contributed by atoms with Crippen molar-refractivity contribution in [2.75, 3.05) is 6.54 Å². The van der Waals surface area contributed by atoms with Gasteiger partial charge in [-0.3, -0.25) is 4.79 Å². The van der Waals surface area contributed by atoms with E-state index in [0.717, 1.165) is 31.7 Å². The molecule has 0 aromatic carbocycles. The molecule has 1 amide bonds. The maximum atomic E-state index is 12.6. The lowest BCUT2D eigenvalue weighted by molar-refractivity contribution is -0.136. The standard InChI is InChI=1S/C16H30N2O/c1-12(6-5-7-13(2)17)16(19)18-11-10-14-8-3-4-9-15(14)18/h12-15H,3-11,17H2,1-2H3. The average molecular weight is 266 g/mol. The van der Waals surface area contributed by atoms with Crippen LogP contribution in [0.15, 0.2) is 0 Å². The third-order valence-corrected chi connectivity index (χ3v) is 5.01. The molecule has 4 unspecified atom stereocenters. The normalized spacial score (nSPS) is 29.9. The second-order valence-electron chi connectivity index (χ2n) is 6.74. The zero-order valence-corrected chi connectivity index (χ0v) is 12.6. The van der Waals surface area contributed by atoms with Gasteiger partial charge >= 0.3 is 0 Å². The van der Waals surface area contributed by atoms with Crippen LogP contribution < -0.4 is 5.73 Å². The van der Waals surface area contributed by atoms with E-state index in [1.54, 1.807) is 0 Å². The molecule has 2 aliphatic rings. The van der Waals surface area contributed by atoms with E-state index in [1.807, 2.05) is 6.92 Å². The van der Waals surface area contributed by atoms with Crippen molar-refractivity contribution in [2.24, 2.45) is 17.6 Å². The van der Waals surface area contributed by atoms with Crippen molar-refractivity contribution in [3.8, 4) is 0 Å². The van der Waals surface area contributed by atoms with E-state index in [4.69, 9.17) is 5.73 Å². The molecule has 1 aliphatic heterocycles. The minimum Gasteiger partial charge on any atom is -0.339 e. The molecule has 1 saturated carbocycles. The van der Waals surface area contributed by atoms with Gasteiger partial charge in [0.1, 0.15) is 0 Å². The van der Waals surface area contributed by atoms with Crippen molar-refractivity contribution in [3.05, 3.63) is 0 Å². The summed E-state index contributed by atoms with van der Waals surface area (Å²) in [5.74, 6) is 1.38. The van der Waals surface area contributed by atoms with E-state index >= 15 is 0 Å². The molecular weight excluding hydrogens is 236 g/mol. The number of fused-ring (bicyclic) bond motifs is 1. The molecule has 1 heterocycles. The SMILES string of the molecule is CC(N)CCCC(C)C(=O)N1CCC2CCCCC21. The lowest BCUT2D eigenvalue weighted by Gasteiger charge is -2.33. The van der Waals surface area contributed by atoms with Crippen LogP contribution in [0.1, 0.15) is 65.2 Å². The summed E-state index contributed by atoms with van der Waals surface area (Å²) in [6, 6.07) is 0.828. The number of rotatable bonds is 5. The Balaban J connectivity index is 1.81. The van der Waals surface area contributed by atoms with Crippen LogP contribution in [0.25, 0.3) is 0 Å². The van der Waals surface area contributed by atoms with Gasteiger partial charge in [0.25, 0.3) is 0 Å². The van der Waals surface area contributed by atoms with Gasteiger partial charge in [-0.2, -0.15) is 0 Å². The Hall–Kier alpha value is -0.570. The van der Waals surface area contributed by atoms with E-state index in [1.165, 1.54) is 32.1 Å². The fourth-order valence-electron chi connectivity index (χ4n) is 3.83. The predicted molar refractivity (Wildman–Crippen MR) is 78.7 cm³/mol. The molecule has 0 aromatic heterocycles. The molecule has 1 aliphatic carbocycles. The summed E-state index contributed by atoms with van der Waals surface area (Å²) in [4.78, 5) is 14.8. The Morgan fingerprint density at radius 2 is 1.95 bits per heavy atom. The number of hydrogen-bond acceptors (Lipinski definition) is 2. The molecule has 0 bridgehead atoms. The number of carbonyl (C=O) groups excluding carboxylic acids is 1. The number of likely N-dealkylation sites (tertiary alicyclic amines) is 1. The highest BCUT2D eigenvalue weighted by Gasteiger charge is 2.39. The molecule has 110 valence electrons. The molecule has 0 spiro atoms. The Kier molecular flexibility index (Phi) is 5.26. The molecule has 3 heteroatoms. The van der Waals surface area contributed by atoms with Gasteiger partial charge in [0, 0.05) is 24.5 Å². The minimum atomic E-state index is 0.180. The van der Waals surface area contributed by atoms with E-state index in [0.29, 0.717) is 11.9 Å². The lowest BCUT2D eigenvalue weighted by Crippen LogP contribution is -2.41. The summed E-state index contributed by atoms with van der Waals surface area (Å²) in [6.45, 7) is 5.14. The summed E-state index contributed by atoms with van der Waals surface area (Å²) >= 11 is 0. The van der Waals surface area contributed by atoms with Crippen LogP contribution in [0.3, 0.4) is 0 Å². The maximum absolute atomic E-state index is 12.6. The van der Waals surface area contributed by atoms with Crippen LogP contribution in [0.4, 0.5) is 0 Å². The molecule has 2 N–H and O–H groups in total. The van der Waals surface area contributed by atoms with E-state index in [9.17, 15) is 4.79 Å². The van der Waals surface area contributed by atoms with Gasteiger partial charge in [-0.05, 0) is 44.9 Å². The van der Waals surface area contributed by atoms with Crippen molar-refractivity contribution in [3.63, 3.8) is 0 Å². The Morgan fingerprint density at radius 1 is 1.21 bits per heavy atom. The Morgan fingerprint density at radius 3 is 2.68 bits per heavy atom. The smallest absolute Gasteiger partial charge is 0.225 e. The molecule has 0 aromatic rings. The molecule has 2 fully saturated rings. The molecule has 4 atom stereocenters. The van der Waals surface area contributed by atoms with E-state index in [-0.39, 0.29) is 12.0 Å². The number of nitrogens with zero attached hydrogens (tertiary/aromatic N) is 1. The highest BCUT2D eigenvalue weighted by atomic mass is 16.2. The predicted octanol–water partition coefficient (Wildman–Crippen LogP) is 2.93. The van der Waals surface area contributed by atoms with Crippen LogP contribution in [0, 0.1) is 11.8 Å². The van der Waals surface area contributed by atoms with Crippen LogP contribution in [-0.4, -0.2) is 29.4 Å². The second-order valence-corrected chi connectivity index (χ2v) is 6.74. The average Bonchev–Trinajstić information content (AvgIpc) is 2.81. The molecule has 3 nitrogen and oxygen atoms in total. The first-order chi connectivity index (χ1) is 9.09. The fourth-order valence-corrected chi connectivity index (χ4v) is 3.83. The lowest BCUT2D eigenvalue weighted by atomic mass is 9.85. The Labute approximate surface area is 117 Å². The minimum absolute atomic E-state index is 0.180. The summed E-state index contributed by atoms with van der Waals surface area (Å²) < 4.78 is 0. The largest absolute Gasteiger partial charge is 0.339 e. The number of carbonyl (C=O) groups is 1. The third-order valence-electron chi connectivity index (χ3n) is 5.01. The van der Waals surface area contributed by atoms with Gasteiger partial charge < -0.3 is 10.6 Å². The first kappa shape index (κ1) is 14.8. The number of hydrogen-bond donors (Lipinski definition) is 1. The summed E-state index contributed by atoms with van der Waals surface area (Å²) in [6.07, 6.45) is 9.60. The van der Waals surface area contributed by atoms with Gasteiger partial charge in [-0.1, -0.05) is 26.2 Å². The second kappa shape index (κ2) is 6.74. The van der Waals surface area contributed by atoms with Gasteiger partial charge in [-0.15, -0.1) is 0 Å². The van der Waals surface area contributed by atoms with E-state index < -0.39 is 0 Å². The molecule has 1 saturated heterocycles.